The van der Waals surface area contributed by atoms with Gasteiger partial charge in [0.25, 0.3) is 0 Å². The Morgan fingerprint density at radius 1 is 0.941 bits per heavy atom. The Morgan fingerprint density at radius 3 is 2.06 bits per heavy atom. The van der Waals surface area contributed by atoms with E-state index in [1.807, 2.05) is 0 Å². The second-order valence-electron chi connectivity index (χ2n) is 6.38. The normalized spacial score (nSPS) is 36.4. The zero-order chi connectivity index (χ0) is 12.3. The molecule has 2 nitrogen and oxygen atoms in total. The molecule has 1 aliphatic carbocycles. The zero-order valence-electron chi connectivity index (χ0n) is 11.9. The van der Waals surface area contributed by atoms with Gasteiger partial charge in [0, 0.05) is 12.1 Å². The molecule has 0 bridgehead atoms. The fourth-order valence-corrected chi connectivity index (χ4v) is 4.13. The van der Waals surface area contributed by atoms with Crippen molar-refractivity contribution in [3.8, 4) is 0 Å². The Hall–Kier alpha value is -0.0800. The van der Waals surface area contributed by atoms with Crippen molar-refractivity contribution in [3.05, 3.63) is 0 Å². The molecule has 2 heteroatoms. The first-order valence-electron chi connectivity index (χ1n) is 7.67. The van der Waals surface area contributed by atoms with Gasteiger partial charge in [-0.1, -0.05) is 20.8 Å². The first-order chi connectivity index (χ1) is 8.20. The van der Waals surface area contributed by atoms with Crippen LogP contribution in [0.25, 0.3) is 0 Å². The van der Waals surface area contributed by atoms with Crippen molar-refractivity contribution >= 4 is 0 Å². The molecule has 2 fully saturated rings. The van der Waals surface area contributed by atoms with Crippen LogP contribution in [-0.4, -0.2) is 36.6 Å². The molecule has 0 aromatic rings. The summed E-state index contributed by atoms with van der Waals surface area (Å²) in [6.45, 7) is 10.9. The van der Waals surface area contributed by atoms with Gasteiger partial charge in [-0.15, -0.1) is 0 Å². The fraction of sp³-hybridized carbons (Fsp3) is 1.00. The third kappa shape index (κ3) is 3.45. The van der Waals surface area contributed by atoms with Crippen molar-refractivity contribution in [2.45, 2.75) is 65.0 Å². The van der Waals surface area contributed by atoms with E-state index in [2.05, 4.69) is 31.0 Å². The maximum atomic E-state index is 3.49. The summed E-state index contributed by atoms with van der Waals surface area (Å²) >= 11 is 0. The van der Waals surface area contributed by atoms with Gasteiger partial charge >= 0.3 is 0 Å². The summed E-state index contributed by atoms with van der Waals surface area (Å²) in [5.74, 6) is 1.86. The molecule has 1 saturated heterocycles. The lowest BCUT2D eigenvalue weighted by Crippen LogP contribution is -2.50. The molecule has 1 saturated carbocycles. The molecule has 17 heavy (non-hydrogen) atoms. The standard InChI is InChI=1S/C15H30N2/c1-4-17(14-5-7-16-8-6-14)15-10-12(2)9-13(3)11-15/h12-16H,4-11H2,1-3H3. The van der Waals surface area contributed by atoms with E-state index >= 15 is 0 Å². The molecule has 1 N–H and O–H groups in total. The van der Waals surface area contributed by atoms with Gasteiger partial charge in [-0.25, -0.2) is 0 Å². The molecule has 0 radical (unpaired) electrons. The second kappa shape index (κ2) is 6.19. The van der Waals surface area contributed by atoms with E-state index in [0.717, 1.165) is 23.9 Å². The van der Waals surface area contributed by atoms with Gasteiger partial charge in [0.05, 0.1) is 0 Å². The quantitative estimate of drug-likeness (QED) is 0.813. The van der Waals surface area contributed by atoms with E-state index in [4.69, 9.17) is 0 Å². The Morgan fingerprint density at radius 2 is 1.53 bits per heavy atom. The molecule has 0 aromatic heterocycles. The van der Waals surface area contributed by atoms with Gasteiger partial charge in [0.1, 0.15) is 0 Å². The molecule has 1 heterocycles. The van der Waals surface area contributed by atoms with Crippen LogP contribution in [0.2, 0.25) is 0 Å². The molecule has 0 aromatic carbocycles. The van der Waals surface area contributed by atoms with Gasteiger partial charge in [-0.3, -0.25) is 4.90 Å². The van der Waals surface area contributed by atoms with E-state index in [1.165, 1.54) is 51.7 Å². The molecule has 1 aliphatic heterocycles. The second-order valence-corrected chi connectivity index (χ2v) is 6.38. The number of nitrogens with one attached hydrogen (secondary N) is 1. The van der Waals surface area contributed by atoms with Crippen molar-refractivity contribution in [1.82, 2.24) is 10.2 Å². The van der Waals surface area contributed by atoms with Crippen LogP contribution in [0.4, 0.5) is 0 Å². The van der Waals surface area contributed by atoms with Crippen molar-refractivity contribution in [1.29, 1.82) is 0 Å². The van der Waals surface area contributed by atoms with Crippen molar-refractivity contribution in [3.63, 3.8) is 0 Å². The number of hydrogen-bond acceptors (Lipinski definition) is 2. The minimum Gasteiger partial charge on any atom is -0.317 e. The SMILES string of the molecule is CCN(C1CCNCC1)C1CC(C)CC(C)C1. The van der Waals surface area contributed by atoms with Crippen LogP contribution in [-0.2, 0) is 0 Å². The van der Waals surface area contributed by atoms with Crippen LogP contribution in [0.15, 0.2) is 0 Å². The predicted molar refractivity (Wildman–Crippen MR) is 74.2 cm³/mol. The summed E-state index contributed by atoms with van der Waals surface area (Å²) < 4.78 is 0. The molecule has 2 unspecified atom stereocenters. The first-order valence-corrected chi connectivity index (χ1v) is 7.67. The Bertz CT molecular complexity index is 213. The van der Waals surface area contributed by atoms with E-state index in [1.54, 1.807) is 0 Å². The van der Waals surface area contributed by atoms with E-state index in [9.17, 15) is 0 Å². The summed E-state index contributed by atoms with van der Waals surface area (Å²) in [6, 6.07) is 1.71. The highest BCUT2D eigenvalue weighted by Crippen LogP contribution is 2.33. The Kier molecular flexibility index (Phi) is 4.87. The lowest BCUT2D eigenvalue weighted by Gasteiger charge is -2.44. The minimum absolute atomic E-state index is 0.851. The first kappa shape index (κ1) is 13.4. The van der Waals surface area contributed by atoms with Crippen LogP contribution >= 0.6 is 0 Å². The minimum atomic E-state index is 0.851. The summed E-state index contributed by atoms with van der Waals surface area (Å²) in [5, 5.41) is 3.49. The summed E-state index contributed by atoms with van der Waals surface area (Å²) in [7, 11) is 0. The van der Waals surface area contributed by atoms with E-state index in [-0.39, 0.29) is 0 Å². The number of piperidine rings is 1. The van der Waals surface area contributed by atoms with Gasteiger partial charge in [0.15, 0.2) is 0 Å². The Balaban J connectivity index is 1.96. The fourth-order valence-electron chi connectivity index (χ4n) is 4.13. The lowest BCUT2D eigenvalue weighted by molar-refractivity contribution is 0.0617. The molecule has 2 atom stereocenters. The van der Waals surface area contributed by atoms with Crippen LogP contribution in [0.3, 0.4) is 0 Å². The maximum Gasteiger partial charge on any atom is 0.0122 e. The summed E-state index contributed by atoms with van der Waals surface area (Å²) in [6.07, 6.45) is 7.02. The molecule has 0 spiro atoms. The van der Waals surface area contributed by atoms with Gasteiger partial charge in [0.2, 0.25) is 0 Å². The van der Waals surface area contributed by atoms with Crippen LogP contribution < -0.4 is 5.32 Å². The zero-order valence-corrected chi connectivity index (χ0v) is 11.9. The van der Waals surface area contributed by atoms with Crippen molar-refractivity contribution in [2.75, 3.05) is 19.6 Å². The average molecular weight is 238 g/mol. The van der Waals surface area contributed by atoms with E-state index in [0.29, 0.717) is 0 Å². The lowest BCUT2D eigenvalue weighted by atomic mass is 9.79. The third-order valence-electron chi connectivity index (χ3n) is 4.77. The molecule has 2 rings (SSSR count). The molecular weight excluding hydrogens is 208 g/mol. The highest BCUT2D eigenvalue weighted by atomic mass is 15.2. The maximum absolute atomic E-state index is 3.49. The van der Waals surface area contributed by atoms with Crippen molar-refractivity contribution < 1.29 is 0 Å². The summed E-state index contributed by atoms with van der Waals surface area (Å²) in [5.41, 5.74) is 0. The van der Waals surface area contributed by atoms with Gasteiger partial charge < -0.3 is 5.32 Å². The third-order valence-corrected chi connectivity index (χ3v) is 4.77. The van der Waals surface area contributed by atoms with Crippen LogP contribution in [0.5, 0.6) is 0 Å². The van der Waals surface area contributed by atoms with E-state index < -0.39 is 0 Å². The summed E-state index contributed by atoms with van der Waals surface area (Å²) in [4.78, 5) is 2.83. The number of nitrogens with zero attached hydrogens (tertiary/aromatic N) is 1. The predicted octanol–water partition coefficient (Wildman–Crippen LogP) is 2.89. The molecule has 100 valence electrons. The largest absolute Gasteiger partial charge is 0.317 e. The highest BCUT2D eigenvalue weighted by Gasteiger charge is 2.31. The smallest absolute Gasteiger partial charge is 0.0122 e. The Labute approximate surface area is 107 Å². The molecule has 0 amide bonds. The molecule has 2 aliphatic rings. The monoisotopic (exact) mass is 238 g/mol. The van der Waals surface area contributed by atoms with Crippen LogP contribution in [0.1, 0.15) is 52.9 Å². The highest BCUT2D eigenvalue weighted by molar-refractivity contribution is 4.87. The average Bonchev–Trinajstić information content (AvgIpc) is 2.30. The topological polar surface area (TPSA) is 15.3 Å². The van der Waals surface area contributed by atoms with Gasteiger partial charge in [-0.2, -0.15) is 0 Å². The number of rotatable bonds is 3. The van der Waals surface area contributed by atoms with Crippen LogP contribution in [0, 0.1) is 11.8 Å². The number of hydrogen-bond donors (Lipinski definition) is 1. The van der Waals surface area contributed by atoms with Crippen molar-refractivity contribution in [2.24, 2.45) is 11.8 Å². The molecular formula is C15H30N2. The van der Waals surface area contributed by atoms with Gasteiger partial charge in [-0.05, 0) is 63.6 Å².